The number of likely N-dealkylation sites (tertiary alicyclic amines) is 1. The molecule has 1 atom stereocenters. The van der Waals surface area contributed by atoms with Gasteiger partial charge in [-0.1, -0.05) is 6.07 Å². The van der Waals surface area contributed by atoms with Crippen LogP contribution in [0.15, 0.2) is 36.7 Å². The van der Waals surface area contributed by atoms with Crippen molar-refractivity contribution in [2.75, 3.05) is 31.6 Å². The van der Waals surface area contributed by atoms with Crippen LogP contribution >= 0.6 is 0 Å². The van der Waals surface area contributed by atoms with Crippen molar-refractivity contribution in [3.63, 3.8) is 0 Å². The standard InChI is InChI=1S/C18H22F3N5/c1-25(17-23-10-7-16(24-17)18(19,20)21)15-6-4-11-26(13-15)12-8-14-5-2-3-9-22-14/h2-3,5,7,9-10,15H,4,6,8,11-13H2,1H3. The van der Waals surface area contributed by atoms with Gasteiger partial charge in [0.25, 0.3) is 0 Å². The normalized spacial score (nSPS) is 18.7. The minimum atomic E-state index is -4.46. The lowest BCUT2D eigenvalue weighted by Crippen LogP contribution is -2.47. The number of likely N-dealkylation sites (N-methyl/N-ethyl adjacent to an activating group) is 1. The van der Waals surface area contributed by atoms with Crippen molar-refractivity contribution < 1.29 is 13.2 Å². The van der Waals surface area contributed by atoms with E-state index in [0.29, 0.717) is 0 Å². The topological polar surface area (TPSA) is 45.2 Å². The number of hydrogen-bond donors (Lipinski definition) is 0. The van der Waals surface area contributed by atoms with Gasteiger partial charge in [0.1, 0.15) is 5.69 Å². The highest BCUT2D eigenvalue weighted by molar-refractivity contribution is 5.31. The van der Waals surface area contributed by atoms with Gasteiger partial charge in [0.2, 0.25) is 5.95 Å². The molecule has 0 radical (unpaired) electrons. The minimum Gasteiger partial charge on any atom is -0.340 e. The van der Waals surface area contributed by atoms with Crippen LogP contribution in [0.25, 0.3) is 0 Å². The quantitative estimate of drug-likeness (QED) is 0.815. The molecule has 0 amide bonds. The number of aromatic nitrogens is 3. The molecule has 3 heterocycles. The van der Waals surface area contributed by atoms with Gasteiger partial charge in [-0.2, -0.15) is 13.2 Å². The predicted molar refractivity (Wildman–Crippen MR) is 92.8 cm³/mol. The molecule has 2 aromatic rings. The van der Waals surface area contributed by atoms with Gasteiger partial charge < -0.3 is 9.80 Å². The van der Waals surface area contributed by atoms with Crippen molar-refractivity contribution in [2.24, 2.45) is 0 Å². The lowest BCUT2D eigenvalue weighted by molar-refractivity contribution is -0.141. The molecule has 0 N–H and O–H groups in total. The van der Waals surface area contributed by atoms with Crippen LogP contribution in [0, 0.1) is 0 Å². The number of nitrogens with zero attached hydrogens (tertiary/aromatic N) is 5. The molecular formula is C18H22F3N5. The molecule has 3 rings (SSSR count). The molecular weight excluding hydrogens is 343 g/mol. The molecule has 2 aromatic heterocycles. The zero-order valence-electron chi connectivity index (χ0n) is 14.7. The largest absolute Gasteiger partial charge is 0.433 e. The number of hydrogen-bond acceptors (Lipinski definition) is 5. The fraction of sp³-hybridized carbons (Fsp3) is 0.500. The predicted octanol–water partition coefficient (Wildman–Crippen LogP) is 3.03. The number of pyridine rings is 1. The van der Waals surface area contributed by atoms with E-state index in [-0.39, 0.29) is 12.0 Å². The maximum absolute atomic E-state index is 12.9. The molecule has 0 bridgehead atoms. The average molecular weight is 365 g/mol. The van der Waals surface area contributed by atoms with Crippen LogP contribution in [-0.2, 0) is 12.6 Å². The summed E-state index contributed by atoms with van der Waals surface area (Å²) in [5, 5.41) is 0. The fourth-order valence-corrected chi connectivity index (χ4v) is 3.21. The average Bonchev–Trinajstić information content (AvgIpc) is 2.66. The first-order valence-electron chi connectivity index (χ1n) is 8.69. The van der Waals surface area contributed by atoms with Crippen LogP contribution in [0.3, 0.4) is 0 Å². The third kappa shape index (κ3) is 4.69. The summed E-state index contributed by atoms with van der Waals surface area (Å²) in [6, 6.07) is 6.86. The Bertz CT molecular complexity index is 707. The Kier molecular flexibility index (Phi) is 5.70. The second-order valence-electron chi connectivity index (χ2n) is 6.52. The SMILES string of the molecule is CN(c1nccc(C(F)(F)F)n1)C1CCCN(CCc2ccccn2)C1. The van der Waals surface area contributed by atoms with Gasteiger partial charge in [0, 0.05) is 50.7 Å². The second-order valence-corrected chi connectivity index (χ2v) is 6.52. The highest BCUT2D eigenvalue weighted by Gasteiger charge is 2.33. The summed E-state index contributed by atoms with van der Waals surface area (Å²) >= 11 is 0. The summed E-state index contributed by atoms with van der Waals surface area (Å²) in [6.07, 6.45) is 1.26. The number of alkyl halides is 3. The van der Waals surface area contributed by atoms with E-state index in [9.17, 15) is 13.2 Å². The Morgan fingerprint density at radius 3 is 2.77 bits per heavy atom. The Balaban J connectivity index is 1.62. The van der Waals surface area contributed by atoms with Crippen molar-refractivity contribution in [2.45, 2.75) is 31.5 Å². The highest BCUT2D eigenvalue weighted by atomic mass is 19.4. The first kappa shape index (κ1) is 18.6. The highest BCUT2D eigenvalue weighted by Crippen LogP contribution is 2.28. The Morgan fingerprint density at radius 1 is 1.19 bits per heavy atom. The monoisotopic (exact) mass is 365 g/mol. The summed E-state index contributed by atoms with van der Waals surface area (Å²) in [7, 11) is 1.77. The summed E-state index contributed by atoms with van der Waals surface area (Å²) < 4.78 is 38.6. The molecule has 5 nitrogen and oxygen atoms in total. The number of halogens is 3. The van der Waals surface area contributed by atoms with Crippen LogP contribution < -0.4 is 4.90 Å². The van der Waals surface area contributed by atoms with E-state index in [4.69, 9.17) is 0 Å². The summed E-state index contributed by atoms with van der Waals surface area (Å²) in [6.45, 7) is 2.65. The summed E-state index contributed by atoms with van der Waals surface area (Å²) in [4.78, 5) is 16.2. The molecule has 1 fully saturated rings. The van der Waals surface area contributed by atoms with Gasteiger partial charge >= 0.3 is 6.18 Å². The molecule has 26 heavy (non-hydrogen) atoms. The molecule has 0 saturated carbocycles. The molecule has 1 unspecified atom stereocenters. The van der Waals surface area contributed by atoms with Gasteiger partial charge in [-0.25, -0.2) is 9.97 Å². The molecule has 140 valence electrons. The van der Waals surface area contributed by atoms with Crippen LogP contribution in [0.5, 0.6) is 0 Å². The Labute approximate surface area is 150 Å². The van der Waals surface area contributed by atoms with Gasteiger partial charge in [0.15, 0.2) is 0 Å². The zero-order chi connectivity index (χ0) is 18.6. The Morgan fingerprint density at radius 2 is 2.04 bits per heavy atom. The Hall–Kier alpha value is -2.22. The van der Waals surface area contributed by atoms with Crippen LogP contribution in [0.1, 0.15) is 24.2 Å². The van der Waals surface area contributed by atoms with E-state index in [1.54, 1.807) is 18.1 Å². The summed E-state index contributed by atoms with van der Waals surface area (Å²) in [5.74, 6) is 0.122. The molecule has 8 heteroatoms. The number of piperidine rings is 1. The van der Waals surface area contributed by atoms with Gasteiger partial charge in [-0.3, -0.25) is 4.98 Å². The van der Waals surface area contributed by atoms with Crippen molar-refractivity contribution in [1.82, 2.24) is 19.9 Å². The third-order valence-electron chi connectivity index (χ3n) is 4.69. The van der Waals surface area contributed by atoms with Crippen molar-refractivity contribution in [3.05, 3.63) is 48.0 Å². The van der Waals surface area contributed by atoms with E-state index in [2.05, 4.69) is 19.9 Å². The van der Waals surface area contributed by atoms with Gasteiger partial charge in [-0.05, 0) is 37.6 Å². The maximum Gasteiger partial charge on any atom is 0.433 e. The minimum absolute atomic E-state index is 0.0935. The van der Waals surface area contributed by atoms with Crippen molar-refractivity contribution in [1.29, 1.82) is 0 Å². The molecule has 0 aliphatic carbocycles. The molecule has 1 saturated heterocycles. The lowest BCUT2D eigenvalue weighted by atomic mass is 10.0. The first-order valence-corrected chi connectivity index (χ1v) is 8.69. The van der Waals surface area contributed by atoms with Crippen LogP contribution in [-0.4, -0.2) is 52.6 Å². The summed E-state index contributed by atoms with van der Waals surface area (Å²) in [5.41, 5.74) is 0.140. The maximum atomic E-state index is 12.9. The van der Waals surface area contributed by atoms with Crippen molar-refractivity contribution >= 4 is 5.95 Å². The van der Waals surface area contributed by atoms with Crippen LogP contribution in [0.4, 0.5) is 19.1 Å². The van der Waals surface area contributed by atoms with Crippen LogP contribution in [0.2, 0.25) is 0 Å². The number of anilines is 1. The van der Waals surface area contributed by atoms with E-state index in [0.717, 1.165) is 50.7 Å². The van der Waals surface area contributed by atoms with E-state index < -0.39 is 11.9 Å². The van der Waals surface area contributed by atoms with Crippen molar-refractivity contribution in [3.8, 4) is 0 Å². The second kappa shape index (κ2) is 7.99. The van der Waals surface area contributed by atoms with Gasteiger partial charge in [0.05, 0.1) is 0 Å². The zero-order valence-corrected chi connectivity index (χ0v) is 14.7. The molecule has 1 aliphatic heterocycles. The lowest BCUT2D eigenvalue weighted by Gasteiger charge is -2.37. The number of rotatable bonds is 5. The fourth-order valence-electron chi connectivity index (χ4n) is 3.21. The third-order valence-corrected chi connectivity index (χ3v) is 4.69. The van der Waals surface area contributed by atoms with E-state index in [1.807, 2.05) is 18.2 Å². The molecule has 0 spiro atoms. The van der Waals surface area contributed by atoms with Gasteiger partial charge in [-0.15, -0.1) is 0 Å². The molecule has 0 aromatic carbocycles. The van der Waals surface area contributed by atoms with E-state index in [1.165, 1.54) is 6.20 Å². The smallest absolute Gasteiger partial charge is 0.340 e. The van der Waals surface area contributed by atoms with E-state index >= 15 is 0 Å². The molecule has 1 aliphatic rings. The first-order chi connectivity index (χ1) is 12.4.